The molecule has 1 amide bonds. The molecule has 0 bridgehead atoms. The second-order valence-electron chi connectivity index (χ2n) is 5.91. The van der Waals surface area contributed by atoms with Crippen molar-refractivity contribution < 1.29 is 13.9 Å². The molecule has 7 heteroatoms. The molecule has 2 heterocycles. The fourth-order valence-corrected chi connectivity index (χ4v) is 4.25. The van der Waals surface area contributed by atoms with E-state index in [2.05, 4.69) is 15.3 Å². The van der Waals surface area contributed by atoms with Crippen molar-refractivity contribution in [2.75, 3.05) is 11.9 Å². The summed E-state index contributed by atoms with van der Waals surface area (Å²) in [5, 5.41) is 3.61. The molecular formula is C18H16FN3O2S. The zero-order valence-corrected chi connectivity index (χ0v) is 14.2. The van der Waals surface area contributed by atoms with Crippen LogP contribution in [0.2, 0.25) is 0 Å². The van der Waals surface area contributed by atoms with Gasteiger partial charge in [0.05, 0.1) is 5.39 Å². The van der Waals surface area contributed by atoms with Crippen LogP contribution in [0, 0.1) is 5.82 Å². The number of nitrogens with one attached hydrogen (secondary N) is 1. The highest BCUT2D eigenvalue weighted by atomic mass is 32.1. The fraction of sp³-hybridized carbons (Fsp3) is 0.278. The van der Waals surface area contributed by atoms with Gasteiger partial charge < -0.3 is 10.1 Å². The fourth-order valence-electron chi connectivity index (χ4n) is 3.03. The van der Waals surface area contributed by atoms with E-state index in [0.29, 0.717) is 11.6 Å². The second kappa shape index (κ2) is 6.76. The van der Waals surface area contributed by atoms with E-state index in [4.69, 9.17) is 4.74 Å². The third kappa shape index (κ3) is 3.32. The Bertz CT molecular complexity index is 924. The van der Waals surface area contributed by atoms with Gasteiger partial charge in [0.25, 0.3) is 5.91 Å². The van der Waals surface area contributed by atoms with Gasteiger partial charge in [-0.25, -0.2) is 14.4 Å². The van der Waals surface area contributed by atoms with Crippen LogP contribution < -0.4 is 10.1 Å². The average molecular weight is 357 g/mol. The molecule has 1 N–H and O–H groups in total. The van der Waals surface area contributed by atoms with Gasteiger partial charge in [-0.2, -0.15) is 0 Å². The lowest BCUT2D eigenvalue weighted by molar-refractivity contribution is -0.118. The maximum Gasteiger partial charge on any atom is 0.262 e. The van der Waals surface area contributed by atoms with Crippen molar-refractivity contribution in [3.63, 3.8) is 0 Å². The van der Waals surface area contributed by atoms with Gasteiger partial charge in [0.2, 0.25) is 5.88 Å². The predicted molar refractivity (Wildman–Crippen MR) is 94.6 cm³/mol. The van der Waals surface area contributed by atoms with Crippen LogP contribution in [0.1, 0.15) is 23.3 Å². The maximum absolute atomic E-state index is 12.9. The third-order valence-electron chi connectivity index (χ3n) is 4.18. The monoisotopic (exact) mass is 357 g/mol. The van der Waals surface area contributed by atoms with E-state index in [1.54, 1.807) is 11.3 Å². The standard InChI is InChI=1S/C18H16FN3O2S/c19-11-5-7-12(8-6-11)22-15(23)9-24-17-16-13-3-1-2-4-14(13)25-18(16)21-10-20-17/h5-8,10H,1-4,9H2,(H,22,23). The quantitative estimate of drug-likeness (QED) is 0.773. The number of anilines is 1. The molecule has 4 rings (SSSR count). The first-order chi connectivity index (χ1) is 12.2. The van der Waals surface area contributed by atoms with Crippen LogP contribution in [0.25, 0.3) is 10.2 Å². The molecule has 1 aromatic carbocycles. The molecule has 1 aliphatic rings. The van der Waals surface area contributed by atoms with Crippen molar-refractivity contribution in [3.05, 3.63) is 46.9 Å². The molecule has 128 valence electrons. The number of rotatable bonds is 4. The number of halogens is 1. The van der Waals surface area contributed by atoms with E-state index in [1.807, 2.05) is 0 Å². The van der Waals surface area contributed by atoms with Gasteiger partial charge in [-0.3, -0.25) is 4.79 Å². The van der Waals surface area contributed by atoms with Crippen LogP contribution in [0.4, 0.5) is 10.1 Å². The Labute approximate surface area is 147 Å². The summed E-state index contributed by atoms with van der Waals surface area (Å²) in [5.41, 5.74) is 1.79. The van der Waals surface area contributed by atoms with Crippen molar-refractivity contribution in [1.82, 2.24) is 9.97 Å². The Kier molecular flexibility index (Phi) is 4.31. The lowest BCUT2D eigenvalue weighted by Crippen LogP contribution is -2.20. The summed E-state index contributed by atoms with van der Waals surface area (Å²) < 4.78 is 18.6. The number of hydrogen-bond acceptors (Lipinski definition) is 5. The zero-order chi connectivity index (χ0) is 17.2. The van der Waals surface area contributed by atoms with Gasteiger partial charge >= 0.3 is 0 Å². The number of nitrogens with zero attached hydrogens (tertiary/aromatic N) is 2. The molecule has 0 atom stereocenters. The van der Waals surface area contributed by atoms with Gasteiger partial charge in [0.15, 0.2) is 6.61 Å². The summed E-state index contributed by atoms with van der Waals surface area (Å²) in [6.45, 7) is -0.159. The van der Waals surface area contributed by atoms with Crippen LogP contribution in [0.5, 0.6) is 5.88 Å². The van der Waals surface area contributed by atoms with Gasteiger partial charge in [-0.05, 0) is 55.5 Å². The number of amides is 1. The Hall–Kier alpha value is -2.54. The van der Waals surface area contributed by atoms with E-state index < -0.39 is 0 Å². The van der Waals surface area contributed by atoms with Crippen molar-refractivity contribution in [1.29, 1.82) is 0 Å². The molecule has 3 aromatic rings. The van der Waals surface area contributed by atoms with Crippen molar-refractivity contribution in [2.45, 2.75) is 25.7 Å². The van der Waals surface area contributed by atoms with Gasteiger partial charge in [-0.1, -0.05) is 0 Å². The first-order valence-electron chi connectivity index (χ1n) is 8.14. The van der Waals surface area contributed by atoms with Crippen molar-refractivity contribution in [3.8, 4) is 5.88 Å². The van der Waals surface area contributed by atoms with E-state index in [-0.39, 0.29) is 18.3 Å². The van der Waals surface area contributed by atoms with E-state index >= 15 is 0 Å². The Morgan fingerprint density at radius 1 is 1.20 bits per heavy atom. The number of carbonyl (C=O) groups is 1. The largest absolute Gasteiger partial charge is 0.467 e. The van der Waals surface area contributed by atoms with Gasteiger partial charge in [0.1, 0.15) is 17.0 Å². The van der Waals surface area contributed by atoms with Crippen molar-refractivity contribution in [2.24, 2.45) is 0 Å². The molecule has 0 aliphatic heterocycles. The summed E-state index contributed by atoms with van der Waals surface area (Å²) in [7, 11) is 0. The second-order valence-corrected chi connectivity index (χ2v) is 7.00. The molecular weight excluding hydrogens is 341 g/mol. The number of thiophene rings is 1. The Morgan fingerprint density at radius 2 is 2.00 bits per heavy atom. The number of aromatic nitrogens is 2. The van der Waals surface area contributed by atoms with E-state index in [1.165, 1.54) is 47.5 Å². The summed E-state index contributed by atoms with van der Waals surface area (Å²) in [5.74, 6) is -0.207. The predicted octanol–water partition coefficient (Wildman–Crippen LogP) is 3.73. The Morgan fingerprint density at radius 3 is 2.84 bits per heavy atom. The average Bonchev–Trinajstić information content (AvgIpc) is 3.01. The molecule has 0 spiro atoms. The molecule has 2 aromatic heterocycles. The first-order valence-corrected chi connectivity index (χ1v) is 8.96. The van der Waals surface area contributed by atoms with E-state index in [9.17, 15) is 9.18 Å². The normalized spacial score (nSPS) is 13.5. The SMILES string of the molecule is O=C(COc1ncnc2sc3c(c12)CCCC3)Nc1ccc(F)cc1. The zero-order valence-electron chi connectivity index (χ0n) is 13.4. The highest BCUT2D eigenvalue weighted by Gasteiger charge is 2.21. The van der Waals surface area contributed by atoms with Gasteiger partial charge in [-0.15, -0.1) is 11.3 Å². The molecule has 1 aliphatic carbocycles. The van der Waals surface area contributed by atoms with Crippen LogP contribution in [-0.4, -0.2) is 22.5 Å². The molecule has 25 heavy (non-hydrogen) atoms. The lowest BCUT2D eigenvalue weighted by Gasteiger charge is -2.12. The minimum Gasteiger partial charge on any atom is -0.467 e. The first kappa shape index (κ1) is 16.0. The summed E-state index contributed by atoms with van der Waals surface area (Å²) >= 11 is 1.68. The molecule has 0 radical (unpaired) electrons. The highest BCUT2D eigenvalue weighted by Crippen LogP contribution is 2.38. The van der Waals surface area contributed by atoms with Crippen LogP contribution in [0.15, 0.2) is 30.6 Å². The van der Waals surface area contributed by atoms with Gasteiger partial charge in [0, 0.05) is 10.6 Å². The van der Waals surface area contributed by atoms with Crippen LogP contribution in [0.3, 0.4) is 0 Å². The maximum atomic E-state index is 12.9. The lowest BCUT2D eigenvalue weighted by atomic mass is 9.97. The molecule has 5 nitrogen and oxygen atoms in total. The minimum absolute atomic E-state index is 0.159. The van der Waals surface area contributed by atoms with Crippen LogP contribution in [-0.2, 0) is 17.6 Å². The Balaban J connectivity index is 1.50. The number of aryl methyl sites for hydroxylation is 2. The van der Waals surface area contributed by atoms with Crippen LogP contribution >= 0.6 is 11.3 Å². The third-order valence-corrected chi connectivity index (χ3v) is 5.38. The molecule has 0 unspecified atom stereocenters. The smallest absolute Gasteiger partial charge is 0.262 e. The topological polar surface area (TPSA) is 64.1 Å². The minimum atomic E-state index is -0.347. The number of ether oxygens (including phenoxy) is 1. The number of benzene rings is 1. The summed E-state index contributed by atoms with van der Waals surface area (Å²) in [6, 6.07) is 5.60. The summed E-state index contributed by atoms with van der Waals surface area (Å²) in [4.78, 5) is 22.9. The highest BCUT2D eigenvalue weighted by molar-refractivity contribution is 7.18. The number of fused-ring (bicyclic) bond motifs is 3. The number of hydrogen-bond donors (Lipinski definition) is 1. The summed E-state index contributed by atoms with van der Waals surface area (Å²) in [6.07, 6.45) is 5.89. The molecule has 0 saturated carbocycles. The van der Waals surface area contributed by atoms with E-state index in [0.717, 1.165) is 29.5 Å². The molecule has 0 fully saturated rings. The van der Waals surface area contributed by atoms with Crippen molar-refractivity contribution >= 4 is 33.1 Å². The number of carbonyl (C=O) groups excluding carboxylic acids is 1. The molecule has 0 saturated heterocycles.